The smallest absolute Gasteiger partial charge is 0.416 e. The van der Waals surface area contributed by atoms with Gasteiger partial charge in [-0.15, -0.1) is 0 Å². The maximum absolute atomic E-state index is 13.1. The van der Waals surface area contributed by atoms with Crippen LogP contribution in [0.2, 0.25) is 18.1 Å². The highest BCUT2D eigenvalue weighted by molar-refractivity contribution is 6.74. The van der Waals surface area contributed by atoms with Crippen LogP contribution in [0.25, 0.3) is 0 Å². The Bertz CT molecular complexity index is 570. The lowest BCUT2D eigenvalue weighted by Gasteiger charge is -2.36. The van der Waals surface area contributed by atoms with Gasteiger partial charge in [-0.25, -0.2) is 0 Å². The zero-order valence-corrected chi connectivity index (χ0v) is 15.3. The van der Waals surface area contributed by atoms with E-state index >= 15 is 0 Å². The van der Waals surface area contributed by atoms with Crippen molar-refractivity contribution in [1.29, 1.82) is 5.26 Å². The second-order valence-corrected chi connectivity index (χ2v) is 12.0. The number of alkyl halides is 3. The summed E-state index contributed by atoms with van der Waals surface area (Å²) in [5.41, 5.74) is -0.708. The summed E-state index contributed by atoms with van der Waals surface area (Å²) in [6.07, 6.45) is -4.19. The first-order chi connectivity index (χ1) is 10.4. The highest BCUT2D eigenvalue weighted by atomic mass is 28.4. The standard InChI is InChI=1S/C17H24F3NOSi/c1-16(2,3)23(4,5)22-11-10-13(12-21)14-8-6-7-9-15(14)17(18,19)20/h6-9,13H,10-11H2,1-5H3. The van der Waals surface area contributed by atoms with Crippen molar-refractivity contribution >= 4 is 8.32 Å². The summed E-state index contributed by atoms with van der Waals surface area (Å²) >= 11 is 0. The molecule has 0 saturated carbocycles. The van der Waals surface area contributed by atoms with Crippen LogP contribution in [-0.2, 0) is 10.6 Å². The van der Waals surface area contributed by atoms with E-state index < -0.39 is 26.0 Å². The summed E-state index contributed by atoms with van der Waals surface area (Å²) in [6.45, 7) is 10.7. The molecular weight excluding hydrogens is 319 g/mol. The first-order valence-electron chi connectivity index (χ1n) is 7.60. The molecule has 0 aliphatic carbocycles. The molecule has 128 valence electrons. The number of hydrogen-bond donors (Lipinski definition) is 0. The van der Waals surface area contributed by atoms with Gasteiger partial charge in [-0.05, 0) is 36.2 Å². The first-order valence-corrected chi connectivity index (χ1v) is 10.5. The highest BCUT2D eigenvalue weighted by Crippen LogP contribution is 2.38. The van der Waals surface area contributed by atoms with Crippen LogP contribution < -0.4 is 0 Å². The Morgan fingerprint density at radius 3 is 2.22 bits per heavy atom. The van der Waals surface area contributed by atoms with Crippen molar-refractivity contribution in [3.05, 3.63) is 35.4 Å². The van der Waals surface area contributed by atoms with Crippen molar-refractivity contribution < 1.29 is 17.6 Å². The normalized spacial score (nSPS) is 14.4. The number of halogens is 3. The molecule has 0 aliphatic heterocycles. The number of nitriles is 1. The van der Waals surface area contributed by atoms with Crippen LogP contribution in [0.15, 0.2) is 24.3 Å². The number of benzene rings is 1. The SMILES string of the molecule is CC(C)(C)[Si](C)(C)OCCC(C#N)c1ccccc1C(F)(F)F. The minimum Gasteiger partial charge on any atom is -0.417 e. The van der Waals surface area contributed by atoms with Gasteiger partial charge in [0.25, 0.3) is 0 Å². The van der Waals surface area contributed by atoms with Gasteiger partial charge in [-0.1, -0.05) is 39.0 Å². The summed E-state index contributed by atoms with van der Waals surface area (Å²) < 4.78 is 45.2. The van der Waals surface area contributed by atoms with Crippen molar-refractivity contribution in [3.8, 4) is 6.07 Å². The third-order valence-electron chi connectivity index (χ3n) is 4.47. The molecule has 23 heavy (non-hydrogen) atoms. The summed E-state index contributed by atoms with van der Waals surface area (Å²) in [6, 6.07) is 7.26. The maximum Gasteiger partial charge on any atom is 0.416 e. The minimum atomic E-state index is -4.45. The lowest BCUT2D eigenvalue weighted by molar-refractivity contribution is -0.138. The molecule has 0 saturated heterocycles. The Kier molecular flexibility index (Phi) is 6.05. The molecule has 0 fully saturated rings. The van der Waals surface area contributed by atoms with Gasteiger partial charge in [-0.3, -0.25) is 0 Å². The van der Waals surface area contributed by atoms with Crippen molar-refractivity contribution in [1.82, 2.24) is 0 Å². The number of nitrogens with zero attached hydrogens (tertiary/aromatic N) is 1. The second-order valence-electron chi connectivity index (χ2n) is 7.16. The molecule has 0 N–H and O–H groups in total. The Morgan fingerprint density at radius 1 is 1.17 bits per heavy atom. The molecular formula is C17H24F3NOSi. The molecule has 0 radical (unpaired) electrons. The van der Waals surface area contributed by atoms with Gasteiger partial charge in [0.2, 0.25) is 0 Å². The van der Waals surface area contributed by atoms with Crippen molar-refractivity contribution in [3.63, 3.8) is 0 Å². The molecule has 1 unspecified atom stereocenters. The Hall–Kier alpha value is -1.32. The molecule has 0 heterocycles. The van der Waals surface area contributed by atoms with E-state index in [1.165, 1.54) is 18.2 Å². The van der Waals surface area contributed by atoms with Gasteiger partial charge in [0.05, 0.1) is 17.6 Å². The summed E-state index contributed by atoms with van der Waals surface area (Å²) in [5, 5.41) is 9.32. The van der Waals surface area contributed by atoms with Gasteiger partial charge in [-0.2, -0.15) is 18.4 Å². The third kappa shape index (κ3) is 5.08. The maximum atomic E-state index is 13.1. The summed E-state index contributed by atoms with van der Waals surface area (Å²) in [5.74, 6) is -0.822. The van der Waals surface area contributed by atoms with Crippen LogP contribution >= 0.6 is 0 Å². The molecule has 0 aliphatic rings. The molecule has 1 atom stereocenters. The van der Waals surface area contributed by atoms with Gasteiger partial charge in [0.1, 0.15) is 0 Å². The molecule has 6 heteroatoms. The van der Waals surface area contributed by atoms with Crippen molar-refractivity contribution in [2.24, 2.45) is 0 Å². The average Bonchev–Trinajstić information content (AvgIpc) is 2.41. The van der Waals surface area contributed by atoms with Gasteiger partial charge >= 0.3 is 6.18 Å². The van der Waals surface area contributed by atoms with E-state index in [0.29, 0.717) is 6.61 Å². The van der Waals surface area contributed by atoms with Crippen LogP contribution in [-0.4, -0.2) is 14.9 Å². The van der Waals surface area contributed by atoms with E-state index in [0.717, 1.165) is 6.07 Å². The highest BCUT2D eigenvalue weighted by Gasteiger charge is 2.38. The van der Waals surface area contributed by atoms with E-state index in [1.807, 2.05) is 6.07 Å². The minimum absolute atomic E-state index is 0.0268. The van der Waals surface area contributed by atoms with Gasteiger partial charge < -0.3 is 4.43 Å². The Morgan fingerprint density at radius 2 is 1.74 bits per heavy atom. The molecule has 0 bridgehead atoms. The fourth-order valence-corrected chi connectivity index (χ4v) is 3.06. The lowest BCUT2D eigenvalue weighted by atomic mass is 9.92. The average molecular weight is 343 g/mol. The van der Waals surface area contributed by atoms with Crippen molar-refractivity contribution in [2.45, 2.75) is 57.4 Å². The van der Waals surface area contributed by atoms with E-state index in [4.69, 9.17) is 4.43 Å². The zero-order valence-electron chi connectivity index (χ0n) is 14.3. The zero-order chi connectivity index (χ0) is 17.9. The van der Waals surface area contributed by atoms with Gasteiger partial charge in [0.15, 0.2) is 8.32 Å². The summed E-state index contributed by atoms with van der Waals surface area (Å²) in [7, 11) is -1.97. The predicted molar refractivity (Wildman–Crippen MR) is 87.6 cm³/mol. The molecule has 0 aromatic heterocycles. The Balaban J connectivity index is 2.87. The quantitative estimate of drug-likeness (QED) is 0.640. The van der Waals surface area contributed by atoms with Crippen LogP contribution in [0.5, 0.6) is 0 Å². The molecule has 1 rings (SSSR count). The van der Waals surface area contributed by atoms with Crippen LogP contribution in [0, 0.1) is 11.3 Å². The second kappa shape index (κ2) is 7.06. The fraction of sp³-hybridized carbons (Fsp3) is 0.588. The third-order valence-corrected chi connectivity index (χ3v) is 9.01. The van der Waals surface area contributed by atoms with E-state index in [1.54, 1.807) is 0 Å². The lowest BCUT2D eigenvalue weighted by Crippen LogP contribution is -2.41. The van der Waals surface area contributed by atoms with Crippen LogP contribution in [0.3, 0.4) is 0 Å². The molecule has 1 aromatic carbocycles. The van der Waals surface area contributed by atoms with Crippen molar-refractivity contribution in [2.75, 3.05) is 6.61 Å². The monoisotopic (exact) mass is 343 g/mol. The number of hydrogen-bond acceptors (Lipinski definition) is 2. The predicted octanol–water partition coefficient (Wildman–Crippen LogP) is 5.72. The molecule has 0 amide bonds. The topological polar surface area (TPSA) is 33.0 Å². The van der Waals surface area contributed by atoms with Crippen LogP contribution in [0.4, 0.5) is 13.2 Å². The number of rotatable bonds is 5. The van der Waals surface area contributed by atoms with Crippen LogP contribution in [0.1, 0.15) is 44.2 Å². The molecule has 2 nitrogen and oxygen atoms in total. The van der Waals surface area contributed by atoms with E-state index in [2.05, 4.69) is 33.9 Å². The van der Waals surface area contributed by atoms with E-state index in [-0.39, 0.29) is 17.0 Å². The largest absolute Gasteiger partial charge is 0.417 e. The molecule has 0 spiro atoms. The molecule has 1 aromatic rings. The van der Waals surface area contributed by atoms with E-state index in [9.17, 15) is 18.4 Å². The Labute approximate surface area is 137 Å². The first kappa shape index (κ1) is 19.7. The van der Waals surface area contributed by atoms with Gasteiger partial charge in [0, 0.05) is 6.61 Å². The fourth-order valence-electron chi connectivity index (χ4n) is 2.00. The summed E-state index contributed by atoms with van der Waals surface area (Å²) in [4.78, 5) is 0.